The lowest BCUT2D eigenvalue weighted by molar-refractivity contribution is -0.138. The number of urea groups is 1. The largest absolute Gasteiger partial charge is 0.480 e. The average molecular weight is 212 g/mol. The van der Waals surface area contributed by atoms with E-state index in [0.717, 1.165) is 0 Å². The van der Waals surface area contributed by atoms with Crippen LogP contribution in [0.1, 0.15) is 0 Å². The molecule has 6 N–H and O–H groups in total. The number of carbonyl (C=O) groups is 2. The summed E-state index contributed by atoms with van der Waals surface area (Å²) >= 11 is 0. The molecule has 0 unspecified atom stereocenters. The van der Waals surface area contributed by atoms with Crippen LogP contribution in [0.2, 0.25) is 0 Å². The monoisotopic (exact) mass is 212 g/mol. The molecule has 0 saturated carbocycles. The fourth-order valence-corrected chi connectivity index (χ4v) is 1.32. The molecular weight excluding hydrogens is 203 g/mol. The van der Waals surface area contributed by atoms with E-state index in [2.05, 4.69) is 5.73 Å². The molecule has 0 aromatic rings. The molecule has 76 valence electrons. The zero-order valence-electron chi connectivity index (χ0n) is 6.38. The summed E-state index contributed by atoms with van der Waals surface area (Å²) in [4.78, 5) is 37.3. The summed E-state index contributed by atoms with van der Waals surface area (Å²) in [5, 5.41) is 10.1. The first-order valence-electron chi connectivity index (χ1n) is 3.05. The van der Waals surface area contributed by atoms with Crippen LogP contribution in [0.25, 0.3) is 0 Å². The summed E-state index contributed by atoms with van der Waals surface area (Å²) in [5.41, 5.74) is 4.58. The highest BCUT2D eigenvalue weighted by Crippen LogP contribution is 2.34. The Morgan fingerprint density at radius 2 is 1.92 bits per heavy atom. The van der Waals surface area contributed by atoms with E-state index in [1.54, 1.807) is 5.32 Å². The van der Waals surface area contributed by atoms with Gasteiger partial charge in [-0.05, 0) is 0 Å². The number of hydrogen-bond donors (Lipinski definition) is 5. The molecule has 0 aromatic heterocycles. The molecule has 0 rings (SSSR count). The molecule has 1 atom stereocenters. The van der Waals surface area contributed by atoms with E-state index in [1.165, 1.54) is 0 Å². The molecule has 2 amide bonds. The normalized spacial score (nSPS) is 13.4. The van der Waals surface area contributed by atoms with Crippen LogP contribution in [0.4, 0.5) is 4.79 Å². The van der Waals surface area contributed by atoms with Gasteiger partial charge in [0.1, 0.15) is 6.04 Å². The predicted molar refractivity (Wildman–Crippen MR) is 41.1 cm³/mol. The van der Waals surface area contributed by atoms with Gasteiger partial charge in [0.25, 0.3) is 0 Å². The number of nitrogens with two attached hydrogens (primary N) is 1. The molecule has 0 bridgehead atoms. The maximum atomic E-state index is 10.4. The quantitative estimate of drug-likeness (QED) is 0.350. The Kier molecular flexibility index (Phi) is 3.86. The molecule has 9 heteroatoms. The van der Waals surface area contributed by atoms with E-state index in [9.17, 15) is 14.2 Å². The molecule has 0 aliphatic carbocycles. The molecular formula is C4H9N2O6P. The minimum atomic E-state index is -4.48. The van der Waals surface area contributed by atoms with Crippen molar-refractivity contribution in [2.45, 2.75) is 6.04 Å². The minimum Gasteiger partial charge on any atom is -0.480 e. The van der Waals surface area contributed by atoms with E-state index >= 15 is 0 Å². The van der Waals surface area contributed by atoms with Gasteiger partial charge in [0.2, 0.25) is 0 Å². The van der Waals surface area contributed by atoms with Gasteiger partial charge in [-0.1, -0.05) is 0 Å². The number of aliphatic carboxylic acids is 1. The van der Waals surface area contributed by atoms with E-state index < -0.39 is 31.8 Å². The third-order valence-electron chi connectivity index (χ3n) is 1.03. The summed E-state index contributed by atoms with van der Waals surface area (Å²) in [5.74, 6) is -1.55. The second-order valence-corrected chi connectivity index (χ2v) is 3.94. The first-order chi connectivity index (χ1) is 5.72. The van der Waals surface area contributed by atoms with Crippen molar-refractivity contribution in [2.24, 2.45) is 5.73 Å². The maximum absolute atomic E-state index is 10.4. The lowest BCUT2D eigenvalue weighted by Gasteiger charge is -2.12. The fourth-order valence-electron chi connectivity index (χ4n) is 0.595. The molecule has 0 radical (unpaired) electrons. The van der Waals surface area contributed by atoms with E-state index in [-0.39, 0.29) is 0 Å². The Bertz CT molecular complexity index is 259. The average Bonchev–Trinajstić information content (AvgIpc) is 1.81. The summed E-state index contributed by atoms with van der Waals surface area (Å²) in [6.07, 6.45) is -0.981. The molecule has 0 heterocycles. The number of carbonyl (C=O) groups excluding carboxylic acids is 1. The number of nitrogens with one attached hydrogen (secondary N) is 1. The van der Waals surface area contributed by atoms with Crippen molar-refractivity contribution in [3.8, 4) is 0 Å². The highest BCUT2D eigenvalue weighted by atomic mass is 31.2. The summed E-state index contributed by atoms with van der Waals surface area (Å²) in [7, 11) is -4.48. The first kappa shape index (κ1) is 11.9. The number of amides is 2. The van der Waals surface area contributed by atoms with E-state index in [0.29, 0.717) is 0 Å². The van der Waals surface area contributed by atoms with Crippen LogP contribution in [0.5, 0.6) is 0 Å². The second-order valence-electron chi connectivity index (χ2n) is 2.25. The molecule has 0 fully saturated rings. The Labute approximate surface area is 72.9 Å². The van der Waals surface area contributed by atoms with Crippen LogP contribution in [0.3, 0.4) is 0 Å². The number of hydrogen-bond acceptors (Lipinski definition) is 3. The predicted octanol–water partition coefficient (Wildman–Crippen LogP) is -1.71. The minimum absolute atomic E-state index is 0.981. The van der Waals surface area contributed by atoms with Crippen LogP contribution in [0.15, 0.2) is 0 Å². The number of rotatable bonds is 4. The van der Waals surface area contributed by atoms with Crippen LogP contribution in [-0.4, -0.2) is 39.1 Å². The standard InChI is InChI=1S/C4H9N2O6P/c5-4(9)6-2(3(7)8)1-13(10,11)12/h2H,1H2,(H,7,8)(H3,5,6,9)(H2,10,11,12)/t2-/m0/s1. The lowest BCUT2D eigenvalue weighted by Crippen LogP contribution is -2.45. The van der Waals surface area contributed by atoms with Crippen molar-refractivity contribution in [3.63, 3.8) is 0 Å². The van der Waals surface area contributed by atoms with Gasteiger partial charge in [0.15, 0.2) is 0 Å². The van der Waals surface area contributed by atoms with Gasteiger partial charge in [0.05, 0.1) is 6.16 Å². The van der Waals surface area contributed by atoms with Gasteiger partial charge in [0, 0.05) is 0 Å². The number of carboxylic acid groups (broad SMARTS) is 1. The Balaban J connectivity index is 4.36. The lowest BCUT2D eigenvalue weighted by atomic mass is 10.3. The summed E-state index contributed by atoms with van der Waals surface area (Å²) in [6.45, 7) is 0. The van der Waals surface area contributed by atoms with E-state index in [1.807, 2.05) is 0 Å². The van der Waals surface area contributed by atoms with Crippen molar-refractivity contribution in [3.05, 3.63) is 0 Å². The van der Waals surface area contributed by atoms with Crippen molar-refractivity contribution in [2.75, 3.05) is 6.16 Å². The highest BCUT2D eigenvalue weighted by Gasteiger charge is 2.27. The Morgan fingerprint density at radius 3 is 2.15 bits per heavy atom. The third-order valence-corrected chi connectivity index (χ3v) is 1.88. The molecule has 0 spiro atoms. The first-order valence-corrected chi connectivity index (χ1v) is 4.85. The van der Waals surface area contributed by atoms with Gasteiger partial charge < -0.3 is 25.9 Å². The van der Waals surface area contributed by atoms with Crippen LogP contribution in [0, 0.1) is 0 Å². The zero-order valence-corrected chi connectivity index (χ0v) is 7.27. The van der Waals surface area contributed by atoms with Gasteiger partial charge in [-0.3, -0.25) is 4.57 Å². The smallest absolute Gasteiger partial charge is 0.328 e. The van der Waals surface area contributed by atoms with Crippen LogP contribution >= 0.6 is 7.60 Å². The van der Waals surface area contributed by atoms with Crippen molar-refractivity contribution >= 4 is 19.6 Å². The molecule has 8 nitrogen and oxygen atoms in total. The number of primary amides is 1. The Hall–Kier alpha value is -1.11. The summed E-state index contributed by atoms with van der Waals surface area (Å²) < 4.78 is 10.4. The van der Waals surface area contributed by atoms with Crippen LogP contribution in [-0.2, 0) is 9.36 Å². The molecule has 0 aliphatic heterocycles. The van der Waals surface area contributed by atoms with Gasteiger partial charge >= 0.3 is 19.6 Å². The number of carboxylic acids is 1. The maximum Gasteiger partial charge on any atom is 0.328 e. The van der Waals surface area contributed by atoms with Crippen LogP contribution < -0.4 is 11.1 Å². The molecule has 0 saturated heterocycles. The molecule has 0 aliphatic rings. The second kappa shape index (κ2) is 4.22. The van der Waals surface area contributed by atoms with Gasteiger partial charge in [-0.15, -0.1) is 0 Å². The fraction of sp³-hybridized carbons (Fsp3) is 0.500. The topological polar surface area (TPSA) is 150 Å². The van der Waals surface area contributed by atoms with Crippen molar-refractivity contribution < 1.29 is 29.0 Å². The van der Waals surface area contributed by atoms with E-state index in [4.69, 9.17) is 14.9 Å². The Morgan fingerprint density at radius 1 is 1.46 bits per heavy atom. The SMILES string of the molecule is NC(=O)N[C@@H](CP(=O)(O)O)C(=O)O. The summed E-state index contributed by atoms with van der Waals surface area (Å²) in [6, 6.07) is -2.82. The van der Waals surface area contributed by atoms with Crippen molar-refractivity contribution in [1.29, 1.82) is 0 Å². The molecule has 0 aromatic carbocycles. The van der Waals surface area contributed by atoms with Crippen molar-refractivity contribution in [1.82, 2.24) is 5.32 Å². The third kappa shape index (κ3) is 6.09. The zero-order chi connectivity index (χ0) is 10.6. The highest BCUT2D eigenvalue weighted by molar-refractivity contribution is 7.51. The van der Waals surface area contributed by atoms with Gasteiger partial charge in [-0.25, -0.2) is 9.59 Å². The molecule has 13 heavy (non-hydrogen) atoms. The van der Waals surface area contributed by atoms with Gasteiger partial charge in [-0.2, -0.15) is 0 Å².